The molecule has 2 N–H and O–H groups in total. The van der Waals surface area contributed by atoms with Crippen molar-refractivity contribution in [2.24, 2.45) is 5.92 Å². The molecule has 0 radical (unpaired) electrons. The molecule has 6 heteroatoms. The Hall–Kier alpha value is -2.11. The predicted molar refractivity (Wildman–Crippen MR) is 102 cm³/mol. The highest BCUT2D eigenvalue weighted by molar-refractivity contribution is 7.80. The molecule has 24 heavy (non-hydrogen) atoms. The summed E-state index contributed by atoms with van der Waals surface area (Å²) in [6.45, 7) is 4.80. The minimum atomic E-state index is -0.281. The number of halogens is 1. The van der Waals surface area contributed by atoms with Crippen LogP contribution in [0.5, 0.6) is 5.75 Å². The van der Waals surface area contributed by atoms with Crippen LogP contribution in [0.4, 0.5) is 5.69 Å². The van der Waals surface area contributed by atoms with Gasteiger partial charge >= 0.3 is 0 Å². The van der Waals surface area contributed by atoms with Crippen LogP contribution in [0.3, 0.4) is 0 Å². The molecule has 0 fully saturated rings. The Balaban J connectivity index is 1.89. The van der Waals surface area contributed by atoms with E-state index in [1.54, 1.807) is 48.5 Å². The summed E-state index contributed by atoms with van der Waals surface area (Å²) in [7, 11) is 0. The average Bonchev–Trinajstić information content (AvgIpc) is 2.55. The van der Waals surface area contributed by atoms with Gasteiger partial charge in [0.1, 0.15) is 5.75 Å². The van der Waals surface area contributed by atoms with Crippen molar-refractivity contribution in [1.29, 1.82) is 0 Å². The number of rotatable bonds is 5. The molecule has 0 aliphatic rings. The Morgan fingerprint density at radius 1 is 1.12 bits per heavy atom. The van der Waals surface area contributed by atoms with E-state index < -0.39 is 0 Å². The molecule has 1 amide bonds. The smallest absolute Gasteiger partial charge is 0.257 e. The number of hydrogen-bond acceptors (Lipinski definition) is 3. The molecule has 2 aromatic rings. The number of anilines is 1. The monoisotopic (exact) mass is 362 g/mol. The molecule has 0 saturated heterocycles. The van der Waals surface area contributed by atoms with Gasteiger partial charge in [-0.1, -0.05) is 25.4 Å². The third-order valence-corrected chi connectivity index (χ3v) is 3.49. The fourth-order valence-electron chi connectivity index (χ4n) is 1.84. The zero-order valence-corrected chi connectivity index (χ0v) is 15.1. The van der Waals surface area contributed by atoms with E-state index in [0.717, 1.165) is 11.4 Å². The molecule has 126 valence electrons. The molecule has 0 atom stereocenters. The molecule has 2 rings (SSSR count). The highest BCUT2D eigenvalue weighted by atomic mass is 35.5. The van der Waals surface area contributed by atoms with Crippen LogP contribution in [-0.2, 0) is 0 Å². The first-order valence-electron chi connectivity index (χ1n) is 7.55. The van der Waals surface area contributed by atoms with E-state index in [2.05, 4.69) is 24.5 Å². The lowest BCUT2D eigenvalue weighted by Gasteiger charge is -2.11. The van der Waals surface area contributed by atoms with Crippen LogP contribution < -0.4 is 15.4 Å². The Bertz CT molecular complexity index is 700. The Morgan fingerprint density at radius 3 is 2.33 bits per heavy atom. The zero-order chi connectivity index (χ0) is 17.5. The van der Waals surface area contributed by atoms with Gasteiger partial charge in [-0.05, 0) is 66.7 Å². The van der Waals surface area contributed by atoms with Gasteiger partial charge in [0.15, 0.2) is 5.11 Å². The van der Waals surface area contributed by atoms with Crippen LogP contribution >= 0.6 is 23.8 Å². The zero-order valence-electron chi connectivity index (χ0n) is 13.5. The van der Waals surface area contributed by atoms with E-state index in [1.165, 1.54) is 0 Å². The Labute approximate surface area is 152 Å². The van der Waals surface area contributed by atoms with Gasteiger partial charge in [-0.25, -0.2) is 0 Å². The fourth-order valence-corrected chi connectivity index (χ4v) is 2.17. The summed E-state index contributed by atoms with van der Waals surface area (Å²) < 4.78 is 5.59. The number of hydrogen-bond donors (Lipinski definition) is 2. The van der Waals surface area contributed by atoms with E-state index in [1.807, 2.05) is 0 Å². The van der Waals surface area contributed by atoms with Crippen molar-refractivity contribution in [3.63, 3.8) is 0 Å². The summed E-state index contributed by atoms with van der Waals surface area (Å²) in [6.07, 6.45) is 0. The maximum absolute atomic E-state index is 12.2. The summed E-state index contributed by atoms with van der Waals surface area (Å²) in [5.74, 6) is 0.906. The van der Waals surface area contributed by atoms with Crippen molar-refractivity contribution in [2.45, 2.75) is 13.8 Å². The van der Waals surface area contributed by atoms with Crippen molar-refractivity contribution >= 4 is 40.5 Å². The minimum Gasteiger partial charge on any atom is -0.493 e. The first-order valence-corrected chi connectivity index (χ1v) is 8.33. The molecule has 0 saturated carbocycles. The Kier molecular flexibility index (Phi) is 6.58. The fraction of sp³-hybridized carbons (Fsp3) is 0.222. The molecule has 0 aliphatic heterocycles. The van der Waals surface area contributed by atoms with Crippen LogP contribution in [0.15, 0.2) is 48.5 Å². The predicted octanol–water partition coefficient (Wildman–Crippen LogP) is 4.50. The van der Waals surface area contributed by atoms with E-state index in [-0.39, 0.29) is 11.0 Å². The van der Waals surface area contributed by atoms with E-state index >= 15 is 0 Å². The quantitative estimate of drug-likeness (QED) is 0.769. The van der Waals surface area contributed by atoms with Gasteiger partial charge in [0, 0.05) is 16.3 Å². The van der Waals surface area contributed by atoms with Crippen molar-refractivity contribution in [3.8, 4) is 5.75 Å². The lowest BCUT2D eigenvalue weighted by atomic mass is 10.2. The van der Waals surface area contributed by atoms with Crippen molar-refractivity contribution < 1.29 is 9.53 Å². The number of thiocarbonyl (C=S) groups is 1. The minimum absolute atomic E-state index is 0.224. The number of nitrogens with one attached hydrogen (secondary N) is 2. The maximum Gasteiger partial charge on any atom is 0.257 e. The lowest BCUT2D eigenvalue weighted by Crippen LogP contribution is -2.34. The second kappa shape index (κ2) is 8.66. The SMILES string of the molecule is CC(C)COc1ccc(C(=O)NC(=S)Nc2ccc(Cl)cc2)cc1. The van der Waals surface area contributed by atoms with Crippen molar-refractivity contribution in [1.82, 2.24) is 5.32 Å². The molecular formula is C18H19ClN2O2S. The third kappa shape index (κ3) is 5.83. The van der Waals surface area contributed by atoms with Crippen LogP contribution in [0.25, 0.3) is 0 Å². The van der Waals surface area contributed by atoms with Gasteiger partial charge in [-0.2, -0.15) is 0 Å². The van der Waals surface area contributed by atoms with Crippen LogP contribution in [0.1, 0.15) is 24.2 Å². The standard InChI is InChI=1S/C18H19ClN2O2S/c1-12(2)11-23-16-9-3-13(4-10-16)17(22)21-18(24)20-15-7-5-14(19)6-8-15/h3-10,12H,11H2,1-2H3,(H2,20,21,22,24). The van der Waals surface area contributed by atoms with E-state index in [4.69, 9.17) is 28.6 Å². The Morgan fingerprint density at radius 2 is 1.75 bits per heavy atom. The number of carbonyl (C=O) groups is 1. The number of ether oxygens (including phenoxy) is 1. The highest BCUT2D eigenvalue weighted by Gasteiger charge is 2.08. The summed E-state index contributed by atoms with van der Waals surface area (Å²) in [5, 5.41) is 6.43. The van der Waals surface area contributed by atoms with Gasteiger partial charge < -0.3 is 10.1 Å². The van der Waals surface area contributed by atoms with Crippen LogP contribution in [0.2, 0.25) is 5.02 Å². The molecule has 2 aromatic carbocycles. The number of benzene rings is 2. The second-order valence-electron chi connectivity index (χ2n) is 5.64. The van der Waals surface area contributed by atoms with Crippen molar-refractivity contribution in [3.05, 3.63) is 59.1 Å². The number of carbonyl (C=O) groups excluding carboxylic acids is 1. The van der Waals surface area contributed by atoms with E-state index in [0.29, 0.717) is 23.1 Å². The molecule has 0 aliphatic carbocycles. The lowest BCUT2D eigenvalue weighted by molar-refractivity contribution is 0.0977. The van der Waals surface area contributed by atoms with Crippen LogP contribution in [0, 0.1) is 5.92 Å². The van der Waals surface area contributed by atoms with Gasteiger partial charge in [0.25, 0.3) is 5.91 Å². The second-order valence-corrected chi connectivity index (χ2v) is 6.49. The van der Waals surface area contributed by atoms with Gasteiger partial charge in [-0.15, -0.1) is 0 Å². The molecular weight excluding hydrogens is 344 g/mol. The third-order valence-electron chi connectivity index (χ3n) is 3.03. The van der Waals surface area contributed by atoms with Crippen molar-refractivity contribution in [2.75, 3.05) is 11.9 Å². The highest BCUT2D eigenvalue weighted by Crippen LogP contribution is 2.14. The molecule has 4 nitrogen and oxygen atoms in total. The summed E-state index contributed by atoms with van der Waals surface area (Å²) in [5.41, 5.74) is 1.26. The summed E-state index contributed by atoms with van der Waals surface area (Å²) in [6, 6.07) is 14.0. The topological polar surface area (TPSA) is 50.4 Å². The first-order chi connectivity index (χ1) is 11.4. The number of amides is 1. The van der Waals surface area contributed by atoms with Gasteiger partial charge in [0.2, 0.25) is 0 Å². The average molecular weight is 363 g/mol. The molecule has 0 heterocycles. The summed E-state index contributed by atoms with van der Waals surface area (Å²) in [4.78, 5) is 12.2. The van der Waals surface area contributed by atoms with E-state index in [9.17, 15) is 4.79 Å². The van der Waals surface area contributed by atoms with Gasteiger partial charge in [-0.3, -0.25) is 10.1 Å². The largest absolute Gasteiger partial charge is 0.493 e. The van der Waals surface area contributed by atoms with Crippen LogP contribution in [-0.4, -0.2) is 17.6 Å². The molecule has 0 aromatic heterocycles. The first kappa shape index (κ1) is 18.2. The maximum atomic E-state index is 12.2. The summed E-state index contributed by atoms with van der Waals surface area (Å²) >= 11 is 11.0. The molecule has 0 unspecified atom stereocenters. The molecule has 0 bridgehead atoms. The molecule has 0 spiro atoms. The normalized spacial score (nSPS) is 10.3. The van der Waals surface area contributed by atoms with Gasteiger partial charge in [0.05, 0.1) is 6.61 Å².